The van der Waals surface area contributed by atoms with Gasteiger partial charge in [0.1, 0.15) is 17.6 Å². The summed E-state index contributed by atoms with van der Waals surface area (Å²) in [4.78, 5) is 13.7. The van der Waals surface area contributed by atoms with Crippen molar-refractivity contribution in [1.29, 1.82) is 5.26 Å². The van der Waals surface area contributed by atoms with Gasteiger partial charge in [0, 0.05) is 12.1 Å². The number of pyridine rings is 1. The van der Waals surface area contributed by atoms with Gasteiger partial charge in [0.25, 0.3) is 0 Å². The Bertz CT molecular complexity index is 662. The van der Waals surface area contributed by atoms with Crippen LogP contribution in [-0.4, -0.2) is 15.0 Å². The Morgan fingerprint density at radius 1 is 1.26 bits per heavy atom. The van der Waals surface area contributed by atoms with Crippen LogP contribution in [0.5, 0.6) is 17.4 Å². The lowest BCUT2D eigenvalue weighted by atomic mass is 10.3. The van der Waals surface area contributed by atoms with Gasteiger partial charge < -0.3 is 9.84 Å². The number of aromatic hydroxyl groups is 1. The van der Waals surface area contributed by atoms with Crippen molar-refractivity contribution in [3.05, 3.63) is 52.2 Å². The summed E-state index contributed by atoms with van der Waals surface area (Å²) in [7, 11) is 0. The van der Waals surface area contributed by atoms with Crippen molar-refractivity contribution in [1.82, 2.24) is 4.98 Å². The second kappa shape index (κ2) is 5.01. The summed E-state index contributed by atoms with van der Waals surface area (Å²) in [6, 6.07) is 9.94. The molecule has 0 spiro atoms. The fourth-order valence-corrected chi connectivity index (χ4v) is 1.36. The van der Waals surface area contributed by atoms with Crippen LogP contribution in [0.3, 0.4) is 0 Å². The van der Waals surface area contributed by atoms with Crippen molar-refractivity contribution >= 4 is 5.69 Å². The molecule has 0 saturated heterocycles. The summed E-state index contributed by atoms with van der Waals surface area (Å²) in [5, 5.41) is 28.5. The van der Waals surface area contributed by atoms with Crippen LogP contribution in [-0.2, 0) is 0 Å². The van der Waals surface area contributed by atoms with Gasteiger partial charge in [-0.1, -0.05) is 0 Å². The third-order valence-corrected chi connectivity index (χ3v) is 2.21. The number of phenolic OH excluding ortho intramolecular Hbond substituents is 1. The predicted molar refractivity (Wildman–Crippen MR) is 63.8 cm³/mol. The first kappa shape index (κ1) is 12.3. The van der Waals surface area contributed by atoms with E-state index in [1.54, 1.807) is 6.07 Å². The first-order valence-electron chi connectivity index (χ1n) is 5.12. The first-order chi connectivity index (χ1) is 9.10. The number of ether oxygens (including phenoxy) is 1. The van der Waals surface area contributed by atoms with Gasteiger partial charge in [-0.15, -0.1) is 0 Å². The largest absolute Gasteiger partial charge is 0.508 e. The van der Waals surface area contributed by atoms with Crippen LogP contribution in [0.1, 0.15) is 5.69 Å². The quantitative estimate of drug-likeness (QED) is 0.667. The van der Waals surface area contributed by atoms with Crippen LogP contribution < -0.4 is 4.74 Å². The second-order valence-electron chi connectivity index (χ2n) is 3.48. The van der Waals surface area contributed by atoms with Crippen LogP contribution in [0, 0.1) is 21.4 Å². The van der Waals surface area contributed by atoms with Gasteiger partial charge >= 0.3 is 5.69 Å². The maximum atomic E-state index is 10.6. The van der Waals surface area contributed by atoms with Crippen molar-refractivity contribution in [2.45, 2.75) is 0 Å². The van der Waals surface area contributed by atoms with Gasteiger partial charge in [-0.05, 0) is 24.3 Å². The second-order valence-corrected chi connectivity index (χ2v) is 3.48. The molecule has 0 aliphatic carbocycles. The number of nitrogens with zero attached hydrogens (tertiary/aromatic N) is 3. The van der Waals surface area contributed by atoms with E-state index < -0.39 is 4.92 Å². The third kappa shape index (κ3) is 2.76. The average molecular weight is 257 g/mol. The highest BCUT2D eigenvalue weighted by molar-refractivity contribution is 5.46. The topological polar surface area (TPSA) is 109 Å². The zero-order valence-corrected chi connectivity index (χ0v) is 9.48. The van der Waals surface area contributed by atoms with Crippen LogP contribution in [0.2, 0.25) is 0 Å². The predicted octanol–water partition coefficient (Wildman–Crippen LogP) is 2.36. The van der Waals surface area contributed by atoms with Crippen LogP contribution in [0.4, 0.5) is 5.69 Å². The highest BCUT2D eigenvalue weighted by atomic mass is 16.6. The van der Waals surface area contributed by atoms with E-state index in [0.29, 0.717) is 5.75 Å². The number of nitro groups is 1. The van der Waals surface area contributed by atoms with Gasteiger partial charge in [-0.25, -0.2) is 0 Å². The molecule has 0 aliphatic rings. The molecule has 2 aromatic rings. The van der Waals surface area contributed by atoms with Crippen molar-refractivity contribution in [2.75, 3.05) is 0 Å². The third-order valence-electron chi connectivity index (χ3n) is 2.21. The summed E-state index contributed by atoms with van der Waals surface area (Å²) in [5.41, 5.74) is -0.693. The van der Waals surface area contributed by atoms with Gasteiger partial charge in [0.05, 0.1) is 4.92 Å². The van der Waals surface area contributed by atoms with Crippen molar-refractivity contribution < 1.29 is 14.8 Å². The number of hydrogen-bond donors (Lipinski definition) is 1. The molecule has 7 nitrogen and oxygen atoms in total. The van der Waals surface area contributed by atoms with Crippen molar-refractivity contribution in [2.24, 2.45) is 0 Å². The molecule has 0 bridgehead atoms. The summed E-state index contributed by atoms with van der Waals surface area (Å²) < 4.78 is 5.31. The Labute approximate surface area is 107 Å². The fourth-order valence-electron chi connectivity index (χ4n) is 1.36. The Morgan fingerprint density at radius 3 is 2.53 bits per heavy atom. The summed E-state index contributed by atoms with van der Waals surface area (Å²) >= 11 is 0. The van der Waals surface area contributed by atoms with Gasteiger partial charge in [0.2, 0.25) is 11.6 Å². The molecule has 2 rings (SSSR count). The minimum absolute atomic E-state index is 0.0628. The molecule has 1 aromatic heterocycles. The van der Waals surface area contributed by atoms with Crippen LogP contribution in [0.15, 0.2) is 36.4 Å². The van der Waals surface area contributed by atoms with E-state index in [1.807, 2.05) is 0 Å². The molecule has 0 amide bonds. The fraction of sp³-hybridized carbons (Fsp3) is 0. The van der Waals surface area contributed by atoms with Gasteiger partial charge in [-0.2, -0.15) is 10.2 Å². The van der Waals surface area contributed by atoms with Gasteiger partial charge in [-0.3, -0.25) is 10.1 Å². The lowest BCUT2D eigenvalue weighted by Gasteiger charge is -2.04. The number of phenols is 1. The van der Waals surface area contributed by atoms with Crippen LogP contribution in [0.25, 0.3) is 0 Å². The molecule has 0 unspecified atom stereocenters. The SMILES string of the molecule is N#Cc1nc(Oc2ccc(O)cc2)ccc1[N+](=O)[O-]. The van der Waals surface area contributed by atoms with Crippen LogP contribution >= 0.6 is 0 Å². The smallest absolute Gasteiger partial charge is 0.305 e. The Hall–Kier alpha value is -3.14. The lowest BCUT2D eigenvalue weighted by Crippen LogP contribution is -1.97. The average Bonchev–Trinajstić information content (AvgIpc) is 2.41. The Balaban J connectivity index is 2.29. The molecule has 1 N–H and O–H groups in total. The molecule has 0 atom stereocenters. The van der Waals surface area contributed by atoms with Gasteiger partial charge in [0.15, 0.2) is 0 Å². The van der Waals surface area contributed by atoms with E-state index in [0.717, 1.165) is 6.07 Å². The molecule has 7 heteroatoms. The van der Waals surface area contributed by atoms with E-state index >= 15 is 0 Å². The molecular formula is C12H7N3O4. The van der Waals surface area contributed by atoms with E-state index in [2.05, 4.69) is 4.98 Å². The molecular weight excluding hydrogens is 250 g/mol. The number of benzene rings is 1. The number of rotatable bonds is 3. The van der Waals surface area contributed by atoms with E-state index in [1.165, 1.54) is 30.3 Å². The van der Waals surface area contributed by atoms with Crippen molar-refractivity contribution in [3.8, 4) is 23.4 Å². The maximum Gasteiger partial charge on any atom is 0.305 e. The molecule has 1 aromatic carbocycles. The molecule has 0 fully saturated rings. The molecule has 0 saturated carbocycles. The zero-order chi connectivity index (χ0) is 13.8. The molecule has 94 valence electrons. The first-order valence-corrected chi connectivity index (χ1v) is 5.12. The van der Waals surface area contributed by atoms with E-state index in [4.69, 9.17) is 15.1 Å². The summed E-state index contributed by atoms with van der Waals surface area (Å²) in [5.74, 6) is 0.539. The number of aromatic nitrogens is 1. The highest BCUT2D eigenvalue weighted by Crippen LogP contribution is 2.25. The molecule has 1 heterocycles. The monoisotopic (exact) mass is 257 g/mol. The lowest BCUT2D eigenvalue weighted by molar-refractivity contribution is -0.385. The number of hydrogen-bond acceptors (Lipinski definition) is 6. The standard InChI is InChI=1S/C12H7N3O4/c13-7-10-11(15(17)18)5-6-12(14-10)19-9-3-1-8(16)2-4-9/h1-6,16H. The minimum atomic E-state index is -0.685. The normalized spacial score (nSPS) is 9.63. The highest BCUT2D eigenvalue weighted by Gasteiger charge is 2.16. The van der Waals surface area contributed by atoms with Crippen molar-refractivity contribution in [3.63, 3.8) is 0 Å². The zero-order valence-electron chi connectivity index (χ0n) is 9.48. The van der Waals surface area contributed by atoms with E-state index in [-0.39, 0.29) is 23.0 Å². The summed E-state index contributed by atoms with van der Waals surface area (Å²) in [6.45, 7) is 0. The molecule has 19 heavy (non-hydrogen) atoms. The minimum Gasteiger partial charge on any atom is -0.508 e. The Kier molecular flexibility index (Phi) is 3.25. The number of nitriles is 1. The summed E-state index contributed by atoms with van der Waals surface area (Å²) in [6.07, 6.45) is 0. The van der Waals surface area contributed by atoms with E-state index in [9.17, 15) is 10.1 Å². The molecule has 0 aliphatic heterocycles. The Morgan fingerprint density at radius 2 is 1.95 bits per heavy atom. The molecule has 0 radical (unpaired) electrons. The maximum absolute atomic E-state index is 10.6.